The summed E-state index contributed by atoms with van der Waals surface area (Å²) in [6.07, 6.45) is 19.8. The van der Waals surface area contributed by atoms with Gasteiger partial charge in [-0.1, -0.05) is 36.1 Å². The number of hydrogen-bond donors (Lipinski definition) is 2. The zero-order valence-corrected chi connectivity index (χ0v) is 33.4. The second kappa shape index (κ2) is 15.6. The molecule has 0 atom stereocenters. The van der Waals surface area contributed by atoms with Gasteiger partial charge in [0.05, 0.1) is 51.2 Å². The molecular formula is C52H38N4O4. The van der Waals surface area contributed by atoms with Crippen molar-refractivity contribution < 1.29 is 18.9 Å². The standard InChI is InChI=1S/C52H38N4O4/c1-7-31-9-13-33(14-10-31)49-41-17-18-42(53-41)50(34-15-11-32(8-2)12-16-34)44-20-22-46(55-44)52(36-27-39(59-5)30-40(28-36)60-6)48-24-23-47(56-48)51(45-21-19-43(49)54-45)35-25-37(57-3)29-38(26-35)58-4/h1-2,9-30,54-55H,3-6H3. The quantitative estimate of drug-likeness (QED) is 0.149. The molecule has 60 heavy (non-hydrogen) atoms. The van der Waals surface area contributed by atoms with E-state index >= 15 is 0 Å². The third kappa shape index (κ3) is 6.83. The highest BCUT2D eigenvalue weighted by Crippen LogP contribution is 2.41. The van der Waals surface area contributed by atoms with E-state index in [2.05, 4.69) is 58.2 Å². The van der Waals surface area contributed by atoms with Gasteiger partial charge in [-0.05, 0) is 119 Å². The van der Waals surface area contributed by atoms with Crippen LogP contribution in [0.3, 0.4) is 0 Å². The zero-order valence-electron chi connectivity index (χ0n) is 33.4. The zero-order chi connectivity index (χ0) is 41.3. The van der Waals surface area contributed by atoms with Gasteiger partial charge in [-0.3, -0.25) is 0 Å². The number of aromatic amines is 2. The molecule has 2 N–H and O–H groups in total. The van der Waals surface area contributed by atoms with Crippen LogP contribution in [0.2, 0.25) is 0 Å². The lowest BCUT2D eigenvalue weighted by Gasteiger charge is -2.11. The Kier molecular flexibility index (Phi) is 9.73. The number of nitrogens with zero attached hydrogens (tertiary/aromatic N) is 2. The fraction of sp³-hybridized carbons (Fsp3) is 0.0769. The van der Waals surface area contributed by atoms with Crippen LogP contribution in [0.15, 0.2) is 109 Å². The summed E-state index contributed by atoms with van der Waals surface area (Å²) < 4.78 is 23.0. The Labute approximate surface area is 347 Å². The molecule has 5 heterocycles. The van der Waals surface area contributed by atoms with Gasteiger partial charge < -0.3 is 28.9 Å². The van der Waals surface area contributed by atoms with Crippen LogP contribution in [0.25, 0.3) is 90.9 Å². The maximum Gasteiger partial charge on any atom is 0.123 e. The minimum absolute atomic E-state index is 0.646. The molecule has 2 aliphatic heterocycles. The molecule has 0 saturated carbocycles. The van der Waals surface area contributed by atoms with Gasteiger partial charge in [0.1, 0.15) is 23.0 Å². The van der Waals surface area contributed by atoms with Crippen molar-refractivity contribution >= 4 is 46.4 Å². The Morgan fingerprint density at radius 2 is 0.667 bits per heavy atom. The third-order valence-corrected chi connectivity index (χ3v) is 10.7. The molecule has 8 nitrogen and oxygen atoms in total. The van der Waals surface area contributed by atoms with E-state index in [-0.39, 0.29) is 0 Å². The number of H-pyrrole nitrogens is 2. The van der Waals surface area contributed by atoms with Gasteiger partial charge in [0.25, 0.3) is 0 Å². The highest BCUT2D eigenvalue weighted by molar-refractivity contribution is 6.00. The predicted molar refractivity (Wildman–Crippen MR) is 243 cm³/mol. The molecule has 7 aromatic rings. The number of nitrogens with one attached hydrogen (secondary N) is 2. The average Bonchev–Trinajstić information content (AvgIpc) is 4.15. The minimum Gasteiger partial charge on any atom is -0.497 e. The van der Waals surface area contributed by atoms with Crippen molar-refractivity contribution in [2.24, 2.45) is 0 Å². The largest absolute Gasteiger partial charge is 0.497 e. The van der Waals surface area contributed by atoms with Crippen LogP contribution in [0, 0.1) is 24.7 Å². The molecule has 0 spiro atoms. The Morgan fingerprint density at radius 1 is 0.383 bits per heavy atom. The summed E-state index contributed by atoms with van der Waals surface area (Å²) in [7, 11) is 6.58. The molecule has 0 amide bonds. The Bertz CT molecular complexity index is 2900. The van der Waals surface area contributed by atoms with Crippen molar-refractivity contribution in [3.05, 3.63) is 143 Å². The average molecular weight is 783 g/mol. The van der Waals surface area contributed by atoms with Gasteiger partial charge >= 0.3 is 0 Å². The monoisotopic (exact) mass is 782 g/mol. The molecule has 0 fully saturated rings. The summed E-state index contributed by atoms with van der Waals surface area (Å²) in [6.45, 7) is 0. The first kappa shape index (κ1) is 37.4. The van der Waals surface area contributed by atoms with Crippen molar-refractivity contribution in [3.8, 4) is 92.2 Å². The second-order valence-electron chi connectivity index (χ2n) is 14.1. The third-order valence-electron chi connectivity index (χ3n) is 10.7. The number of terminal acetylenes is 2. The van der Waals surface area contributed by atoms with Crippen LogP contribution < -0.4 is 18.9 Å². The molecule has 8 heteroatoms. The summed E-state index contributed by atoms with van der Waals surface area (Å²) in [6, 6.07) is 35.9. The van der Waals surface area contributed by atoms with Gasteiger partial charge in [0.15, 0.2) is 0 Å². The Balaban J connectivity index is 1.47. The molecule has 9 rings (SSSR count). The number of fused-ring (bicyclic) bond motifs is 8. The van der Waals surface area contributed by atoms with Crippen LogP contribution in [-0.2, 0) is 0 Å². The highest BCUT2D eigenvalue weighted by atomic mass is 16.5. The van der Waals surface area contributed by atoms with Crippen molar-refractivity contribution in [1.29, 1.82) is 0 Å². The van der Waals surface area contributed by atoms with Gasteiger partial charge in [-0.2, -0.15) is 0 Å². The number of ether oxygens (including phenoxy) is 4. The first-order valence-electron chi connectivity index (χ1n) is 19.2. The normalized spacial score (nSPS) is 11.5. The molecule has 290 valence electrons. The number of benzene rings is 4. The van der Waals surface area contributed by atoms with E-state index < -0.39 is 0 Å². The fourth-order valence-corrected chi connectivity index (χ4v) is 7.79. The summed E-state index contributed by atoms with van der Waals surface area (Å²) in [5.41, 5.74) is 15.0. The summed E-state index contributed by atoms with van der Waals surface area (Å²) in [5, 5.41) is 0. The number of methoxy groups -OCH3 is 4. The molecular weight excluding hydrogens is 745 g/mol. The summed E-state index contributed by atoms with van der Waals surface area (Å²) in [5.74, 6) is 8.07. The van der Waals surface area contributed by atoms with Crippen LogP contribution >= 0.6 is 0 Å². The maximum absolute atomic E-state index is 5.79. The van der Waals surface area contributed by atoms with Crippen molar-refractivity contribution in [2.75, 3.05) is 28.4 Å². The number of hydrogen-bond acceptors (Lipinski definition) is 6. The Hall–Kier alpha value is -8.20. The van der Waals surface area contributed by atoms with Crippen molar-refractivity contribution in [3.63, 3.8) is 0 Å². The van der Waals surface area contributed by atoms with E-state index in [0.717, 1.165) is 100 Å². The van der Waals surface area contributed by atoms with E-state index in [1.165, 1.54) is 0 Å². The van der Waals surface area contributed by atoms with Crippen LogP contribution in [0.1, 0.15) is 33.9 Å². The molecule has 4 aromatic carbocycles. The van der Waals surface area contributed by atoms with E-state index in [0.29, 0.717) is 23.0 Å². The molecule has 2 aliphatic rings. The lowest BCUT2D eigenvalue weighted by molar-refractivity contribution is 0.394. The summed E-state index contributed by atoms with van der Waals surface area (Å²) in [4.78, 5) is 18.3. The first-order chi connectivity index (χ1) is 29.4. The van der Waals surface area contributed by atoms with Crippen LogP contribution in [0.5, 0.6) is 23.0 Å². The van der Waals surface area contributed by atoms with Gasteiger partial charge in [-0.15, -0.1) is 12.8 Å². The van der Waals surface area contributed by atoms with Crippen LogP contribution in [0.4, 0.5) is 0 Å². The second-order valence-corrected chi connectivity index (χ2v) is 14.1. The Morgan fingerprint density at radius 3 is 0.933 bits per heavy atom. The van der Waals surface area contributed by atoms with E-state index in [1.807, 2.05) is 97.1 Å². The SMILES string of the molecule is C#Cc1ccc(-c2c3nc(c(-c4ccc(C#C)cc4)c4ccc([nH]4)c(-c4cc(OC)cc(OC)c4)c4nc(c(-c5cc(OC)cc(OC)c5)c5ccc2[nH]5)C=C4)C=C3)cc1. The van der Waals surface area contributed by atoms with Gasteiger partial charge in [-0.25, -0.2) is 9.97 Å². The topological polar surface area (TPSA) is 94.3 Å². The number of rotatable bonds is 8. The van der Waals surface area contributed by atoms with Gasteiger partial charge in [0.2, 0.25) is 0 Å². The molecule has 0 aliphatic carbocycles. The molecule has 0 saturated heterocycles. The predicted octanol–water partition coefficient (Wildman–Crippen LogP) is 11.3. The van der Waals surface area contributed by atoms with E-state index in [9.17, 15) is 0 Å². The molecule has 3 aromatic heterocycles. The van der Waals surface area contributed by atoms with Gasteiger partial charge in [0, 0.05) is 67.6 Å². The lowest BCUT2D eigenvalue weighted by atomic mass is 10.0. The molecule has 8 bridgehead atoms. The smallest absolute Gasteiger partial charge is 0.123 e. The lowest BCUT2D eigenvalue weighted by Crippen LogP contribution is -1.93. The highest BCUT2D eigenvalue weighted by Gasteiger charge is 2.20. The minimum atomic E-state index is 0.646. The van der Waals surface area contributed by atoms with Crippen LogP contribution in [-0.4, -0.2) is 48.4 Å². The van der Waals surface area contributed by atoms with Crippen molar-refractivity contribution in [1.82, 2.24) is 19.9 Å². The van der Waals surface area contributed by atoms with E-state index in [4.69, 9.17) is 41.8 Å². The fourth-order valence-electron chi connectivity index (χ4n) is 7.79. The van der Waals surface area contributed by atoms with Crippen molar-refractivity contribution in [2.45, 2.75) is 0 Å². The molecule has 0 unspecified atom stereocenters. The number of aromatic nitrogens is 4. The maximum atomic E-state index is 5.79. The first-order valence-corrected chi connectivity index (χ1v) is 19.2. The summed E-state index contributed by atoms with van der Waals surface area (Å²) >= 11 is 0. The molecule has 0 radical (unpaired) electrons. The van der Waals surface area contributed by atoms with E-state index in [1.54, 1.807) is 28.4 Å².